The smallest absolute Gasteiger partial charge is 0.264 e. The van der Waals surface area contributed by atoms with Crippen LogP contribution < -0.4 is 9.62 Å². The molecule has 9 heteroatoms. The molecule has 0 saturated carbocycles. The Hall–Kier alpha value is -3.72. The van der Waals surface area contributed by atoms with Gasteiger partial charge in [-0.3, -0.25) is 13.9 Å². The third-order valence-electron chi connectivity index (χ3n) is 6.70. The molecule has 0 unspecified atom stereocenters. The number of aryl methyl sites for hydroxylation is 1. The number of carbonyl (C=O) groups excluding carboxylic acids is 2. The Morgan fingerprint density at radius 3 is 2.17 bits per heavy atom. The van der Waals surface area contributed by atoms with Gasteiger partial charge in [0.2, 0.25) is 11.8 Å². The minimum atomic E-state index is -4.23. The zero-order valence-electron chi connectivity index (χ0n) is 23.3. The first kappa shape index (κ1) is 30.8. The van der Waals surface area contributed by atoms with Gasteiger partial charge in [0.25, 0.3) is 10.0 Å². The van der Waals surface area contributed by atoms with Crippen molar-refractivity contribution in [2.24, 2.45) is 0 Å². The molecule has 0 aliphatic rings. The van der Waals surface area contributed by atoms with E-state index in [1.54, 1.807) is 24.3 Å². The summed E-state index contributed by atoms with van der Waals surface area (Å²) in [4.78, 5) is 28.5. The van der Waals surface area contributed by atoms with Crippen LogP contribution in [0.15, 0.2) is 83.8 Å². The second-order valence-electron chi connectivity index (χ2n) is 9.69. The van der Waals surface area contributed by atoms with Gasteiger partial charge in [0.1, 0.15) is 18.4 Å². The van der Waals surface area contributed by atoms with Gasteiger partial charge in [0.15, 0.2) is 0 Å². The highest BCUT2D eigenvalue weighted by atomic mass is 32.2. The maximum absolute atomic E-state index is 14.0. The Balaban J connectivity index is 1.97. The summed E-state index contributed by atoms with van der Waals surface area (Å²) < 4.78 is 42.2. The fourth-order valence-corrected chi connectivity index (χ4v) is 5.79. The number of unbranched alkanes of at least 4 members (excludes halogenated alkanes) is 1. The zero-order chi connectivity index (χ0) is 29.1. The lowest BCUT2D eigenvalue weighted by atomic mass is 10.1. The van der Waals surface area contributed by atoms with Crippen LogP contribution in [0.25, 0.3) is 0 Å². The number of hydrogen-bond acceptors (Lipinski definition) is 4. The molecule has 0 aromatic heterocycles. The van der Waals surface area contributed by atoms with Gasteiger partial charge < -0.3 is 10.2 Å². The van der Waals surface area contributed by atoms with Crippen molar-refractivity contribution in [1.82, 2.24) is 10.2 Å². The van der Waals surface area contributed by atoms with E-state index in [1.165, 1.54) is 17.0 Å². The number of anilines is 1. The Bertz CT molecular complexity index is 1350. The molecule has 0 radical (unpaired) electrons. The van der Waals surface area contributed by atoms with E-state index < -0.39 is 34.3 Å². The number of carbonyl (C=O) groups is 2. The fraction of sp³-hybridized carbons (Fsp3) is 0.355. The number of nitrogens with one attached hydrogen (secondary N) is 1. The first-order valence-electron chi connectivity index (χ1n) is 13.6. The van der Waals surface area contributed by atoms with Crippen LogP contribution in [-0.2, 0) is 26.0 Å². The lowest BCUT2D eigenvalue weighted by molar-refractivity contribution is -0.139. The highest BCUT2D eigenvalue weighted by Gasteiger charge is 2.33. The second kappa shape index (κ2) is 14.6. The molecule has 0 heterocycles. The van der Waals surface area contributed by atoms with E-state index in [4.69, 9.17) is 0 Å². The zero-order valence-corrected chi connectivity index (χ0v) is 24.2. The number of halogens is 1. The number of hydrogen-bond donors (Lipinski definition) is 1. The van der Waals surface area contributed by atoms with Crippen molar-refractivity contribution in [3.05, 3.63) is 95.8 Å². The summed E-state index contributed by atoms with van der Waals surface area (Å²) >= 11 is 0. The van der Waals surface area contributed by atoms with Gasteiger partial charge in [-0.05, 0) is 68.1 Å². The Labute approximate surface area is 237 Å². The van der Waals surface area contributed by atoms with E-state index in [-0.39, 0.29) is 17.3 Å². The van der Waals surface area contributed by atoms with Crippen molar-refractivity contribution >= 4 is 27.5 Å². The molecule has 3 rings (SSSR count). The van der Waals surface area contributed by atoms with E-state index in [0.717, 1.165) is 40.4 Å². The second-order valence-corrected chi connectivity index (χ2v) is 11.6. The maximum Gasteiger partial charge on any atom is 0.264 e. The van der Waals surface area contributed by atoms with Gasteiger partial charge in [0.05, 0.1) is 10.6 Å². The predicted octanol–water partition coefficient (Wildman–Crippen LogP) is 5.10. The van der Waals surface area contributed by atoms with E-state index in [2.05, 4.69) is 5.32 Å². The molecule has 0 bridgehead atoms. The van der Waals surface area contributed by atoms with Crippen molar-refractivity contribution in [3.8, 4) is 0 Å². The molecule has 3 aromatic rings. The van der Waals surface area contributed by atoms with Crippen molar-refractivity contribution in [2.45, 2.75) is 57.4 Å². The van der Waals surface area contributed by atoms with E-state index >= 15 is 0 Å². The Kier molecular flexibility index (Phi) is 11.3. The standard InChI is InChI=1S/C31H38FN3O4S/c1-4-6-21-33-31(37)29(5-2)34(22-20-25-10-8-7-9-11-25)30(36)23-35(27-16-12-24(3)13-17-27)40(38,39)28-18-14-26(32)15-19-28/h7-19,29H,4-6,20-23H2,1-3H3,(H,33,37)/t29-/m1/s1. The average molecular weight is 568 g/mol. The monoisotopic (exact) mass is 567 g/mol. The van der Waals surface area contributed by atoms with Gasteiger partial charge >= 0.3 is 0 Å². The van der Waals surface area contributed by atoms with Gasteiger partial charge in [-0.1, -0.05) is 68.3 Å². The summed E-state index contributed by atoms with van der Waals surface area (Å²) in [5, 5.41) is 2.92. The van der Waals surface area contributed by atoms with E-state index in [1.807, 2.05) is 51.1 Å². The largest absolute Gasteiger partial charge is 0.354 e. The molecule has 40 heavy (non-hydrogen) atoms. The molecule has 0 spiro atoms. The molecule has 3 aromatic carbocycles. The van der Waals surface area contributed by atoms with Gasteiger partial charge in [0, 0.05) is 13.1 Å². The van der Waals surface area contributed by atoms with Crippen molar-refractivity contribution in [2.75, 3.05) is 23.9 Å². The average Bonchev–Trinajstić information content (AvgIpc) is 2.95. The third-order valence-corrected chi connectivity index (χ3v) is 8.49. The lowest BCUT2D eigenvalue weighted by Gasteiger charge is -2.33. The first-order valence-corrected chi connectivity index (χ1v) is 15.1. The summed E-state index contributed by atoms with van der Waals surface area (Å²) in [6.07, 6.45) is 2.60. The molecule has 1 N–H and O–H groups in total. The minimum absolute atomic E-state index is 0.137. The summed E-state index contributed by atoms with van der Waals surface area (Å²) in [5.41, 5.74) is 2.22. The molecule has 0 aliphatic carbocycles. The summed E-state index contributed by atoms with van der Waals surface area (Å²) in [5.74, 6) is -1.33. The minimum Gasteiger partial charge on any atom is -0.354 e. The van der Waals surface area contributed by atoms with Crippen LogP contribution in [0.4, 0.5) is 10.1 Å². The van der Waals surface area contributed by atoms with Crippen molar-refractivity contribution < 1.29 is 22.4 Å². The SMILES string of the molecule is CCCCNC(=O)[C@@H](CC)N(CCc1ccccc1)C(=O)CN(c1ccc(C)cc1)S(=O)(=O)c1ccc(F)cc1. The van der Waals surface area contributed by atoms with Gasteiger partial charge in [-0.15, -0.1) is 0 Å². The number of nitrogens with zero attached hydrogens (tertiary/aromatic N) is 2. The van der Waals surface area contributed by atoms with Crippen LogP contribution in [0.1, 0.15) is 44.2 Å². The third kappa shape index (κ3) is 8.14. The summed E-state index contributed by atoms with van der Waals surface area (Å²) in [7, 11) is -4.23. The van der Waals surface area contributed by atoms with E-state index in [0.29, 0.717) is 25.1 Å². The number of sulfonamides is 1. The van der Waals surface area contributed by atoms with Crippen molar-refractivity contribution in [3.63, 3.8) is 0 Å². The Morgan fingerprint density at radius 2 is 1.57 bits per heavy atom. The van der Waals surface area contributed by atoms with E-state index in [9.17, 15) is 22.4 Å². The normalized spacial score (nSPS) is 12.0. The summed E-state index contributed by atoms with van der Waals surface area (Å²) in [6, 6.07) is 20.1. The molecule has 0 saturated heterocycles. The van der Waals surface area contributed by atoms with Gasteiger partial charge in [-0.25, -0.2) is 12.8 Å². The molecule has 2 amide bonds. The van der Waals surface area contributed by atoms with Gasteiger partial charge in [-0.2, -0.15) is 0 Å². The summed E-state index contributed by atoms with van der Waals surface area (Å²) in [6.45, 7) is 5.96. The molecule has 1 atom stereocenters. The quantitative estimate of drug-likeness (QED) is 0.275. The van der Waals surface area contributed by atoms with Crippen LogP contribution in [0.3, 0.4) is 0 Å². The Morgan fingerprint density at radius 1 is 0.925 bits per heavy atom. The van der Waals surface area contributed by atoms with Crippen LogP contribution in [0, 0.1) is 12.7 Å². The maximum atomic E-state index is 14.0. The topological polar surface area (TPSA) is 86.8 Å². The number of benzene rings is 3. The van der Waals surface area contributed by atoms with Crippen LogP contribution in [-0.4, -0.2) is 50.8 Å². The van der Waals surface area contributed by atoms with Crippen LogP contribution in [0.2, 0.25) is 0 Å². The molecule has 214 valence electrons. The highest BCUT2D eigenvalue weighted by Crippen LogP contribution is 2.25. The number of amides is 2. The molecular formula is C31H38FN3O4S. The fourth-order valence-electron chi connectivity index (χ4n) is 4.38. The molecule has 0 aliphatic heterocycles. The predicted molar refractivity (Wildman–Crippen MR) is 156 cm³/mol. The first-order chi connectivity index (χ1) is 19.2. The molecular weight excluding hydrogens is 529 g/mol. The lowest BCUT2D eigenvalue weighted by Crippen LogP contribution is -2.53. The molecule has 7 nitrogen and oxygen atoms in total. The van der Waals surface area contributed by atoms with Crippen molar-refractivity contribution in [1.29, 1.82) is 0 Å². The number of rotatable bonds is 14. The molecule has 0 fully saturated rings. The highest BCUT2D eigenvalue weighted by molar-refractivity contribution is 7.92. The van der Waals surface area contributed by atoms with Crippen LogP contribution >= 0.6 is 0 Å². The van der Waals surface area contributed by atoms with Crippen LogP contribution in [0.5, 0.6) is 0 Å².